The number of nitrogens with zero attached hydrogens (tertiary/aromatic N) is 4. The minimum Gasteiger partial charge on any atom is -0.345 e. The average Bonchev–Trinajstić information content (AvgIpc) is 3.04. The molecule has 0 radical (unpaired) electrons. The molecule has 3 heterocycles. The fraction of sp³-hybridized carbons (Fsp3) is 0.0909. The predicted molar refractivity (Wildman–Crippen MR) is 74.0 cm³/mol. The Kier molecular flexibility index (Phi) is 3.26. The van der Waals surface area contributed by atoms with Crippen LogP contribution in [0.2, 0.25) is 0 Å². The molecule has 0 saturated heterocycles. The Balaban J connectivity index is 1.73. The predicted octanol–water partition coefficient (Wildman–Crippen LogP) is 1.88. The minimum atomic E-state index is -0.244. The lowest BCUT2D eigenvalue weighted by Gasteiger charge is -1.98. The van der Waals surface area contributed by atoms with Gasteiger partial charge >= 0.3 is 0 Å². The zero-order chi connectivity index (χ0) is 13.2. The van der Waals surface area contributed by atoms with E-state index < -0.39 is 0 Å². The van der Waals surface area contributed by atoms with Crippen molar-refractivity contribution < 1.29 is 4.79 Å². The highest BCUT2D eigenvalue weighted by Crippen LogP contribution is 2.12. The number of pyridine rings is 1. The summed E-state index contributed by atoms with van der Waals surface area (Å²) in [6, 6.07) is 3.82. The van der Waals surface area contributed by atoms with E-state index in [1.807, 2.05) is 28.9 Å². The van der Waals surface area contributed by atoms with Crippen LogP contribution in [0, 0.1) is 0 Å². The third kappa shape index (κ3) is 2.64. The number of rotatable bonds is 3. The van der Waals surface area contributed by atoms with Gasteiger partial charge in [-0.3, -0.25) is 4.79 Å². The highest BCUT2D eigenvalue weighted by molar-refractivity contribution is 9.10. The lowest BCUT2D eigenvalue weighted by Crippen LogP contribution is -2.23. The number of hydrogen-bond donors (Lipinski definition) is 1. The number of carbonyl (C=O) groups excluding carboxylic acids is 1. The van der Waals surface area contributed by atoms with Gasteiger partial charge in [0.1, 0.15) is 5.65 Å². The second-order valence-corrected chi connectivity index (χ2v) is 5.29. The fourth-order valence-electron chi connectivity index (χ4n) is 1.63. The summed E-state index contributed by atoms with van der Waals surface area (Å²) in [5.41, 5.74) is 1.95. The van der Waals surface area contributed by atoms with Crippen molar-refractivity contribution in [3.63, 3.8) is 0 Å². The second-order valence-electron chi connectivity index (χ2n) is 3.82. The molecule has 0 unspecified atom stereocenters. The topological polar surface area (TPSA) is 72.2 Å². The zero-order valence-electron chi connectivity index (χ0n) is 9.58. The van der Waals surface area contributed by atoms with E-state index in [9.17, 15) is 4.79 Å². The Morgan fingerprint density at radius 2 is 2.32 bits per heavy atom. The quantitative estimate of drug-likeness (QED) is 0.791. The molecule has 6 nitrogen and oxygen atoms in total. The standard InChI is InChI=1S/C11H8BrN5OS/c12-7-1-2-10-15-8(6-17(10)5-7)3-13-11(18)9-4-14-19-16-9/h1-2,4-6H,3H2,(H,13,18). The Bertz CT molecular complexity index is 724. The van der Waals surface area contributed by atoms with Gasteiger partial charge in [-0.15, -0.1) is 0 Å². The first-order valence-electron chi connectivity index (χ1n) is 5.41. The number of amides is 1. The van der Waals surface area contributed by atoms with E-state index in [-0.39, 0.29) is 5.91 Å². The van der Waals surface area contributed by atoms with Crippen LogP contribution >= 0.6 is 27.7 Å². The van der Waals surface area contributed by atoms with Gasteiger partial charge in [-0.2, -0.15) is 8.75 Å². The molecule has 3 aromatic rings. The molecule has 0 fully saturated rings. The fourth-order valence-corrected chi connectivity index (χ4v) is 2.39. The van der Waals surface area contributed by atoms with Crippen LogP contribution in [0.1, 0.15) is 16.2 Å². The minimum absolute atomic E-state index is 0.244. The van der Waals surface area contributed by atoms with Crippen LogP contribution in [0.4, 0.5) is 0 Å². The molecule has 8 heteroatoms. The molecular formula is C11H8BrN5OS. The summed E-state index contributed by atoms with van der Waals surface area (Å²) in [6.07, 6.45) is 5.23. The van der Waals surface area contributed by atoms with Crippen molar-refractivity contribution in [1.29, 1.82) is 0 Å². The molecule has 0 bridgehead atoms. The van der Waals surface area contributed by atoms with Gasteiger partial charge in [-0.1, -0.05) is 0 Å². The molecule has 96 valence electrons. The van der Waals surface area contributed by atoms with Gasteiger partial charge in [0.05, 0.1) is 30.2 Å². The highest BCUT2D eigenvalue weighted by Gasteiger charge is 2.09. The molecule has 0 atom stereocenters. The zero-order valence-corrected chi connectivity index (χ0v) is 12.0. The third-order valence-corrected chi connectivity index (χ3v) is 3.44. The van der Waals surface area contributed by atoms with E-state index >= 15 is 0 Å². The second kappa shape index (κ2) is 5.06. The van der Waals surface area contributed by atoms with Crippen molar-refractivity contribution in [3.8, 4) is 0 Å². The molecule has 3 rings (SSSR count). The van der Waals surface area contributed by atoms with Gasteiger partial charge in [0.15, 0.2) is 5.69 Å². The number of nitrogens with one attached hydrogen (secondary N) is 1. The average molecular weight is 338 g/mol. The summed E-state index contributed by atoms with van der Waals surface area (Å²) in [7, 11) is 0. The Labute approximate surface area is 120 Å². The van der Waals surface area contributed by atoms with E-state index in [0.717, 1.165) is 27.5 Å². The van der Waals surface area contributed by atoms with Crippen LogP contribution in [0.5, 0.6) is 0 Å². The largest absolute Gasteiger partial charge is 0.345 e. The van der Waals surface area contributed by atoms with E-state index in [4.69, 9.17) is 0 Å². The summed E-state index contributed by atoms with van der Waals surface area (Å²) in [6.45, 7) is 0.357. The molecule has 19 heavy (non-hydrogen) atoms. The summed E-state index contributed by atoms with van der Waals surface area (Å²) >= 11 is 4.41. The van der Waals surface area contributed by atoms with Gasteiger partial charge in [-0.25, -0.2) is 4.98 Å². The first kappa shape index (κ1) is 12.2. The van der Waals surface area contributed by atoms with Crippen LogP contribution in [0.15, 0.2) is 35.2 Å². The summed E-state index contributed by atoms with van der Waals surface area (Å²) in [4.78, 5) is 16.1. The van der Waals surface area contributed by atoms with Gasteiger partial charge in [0, 0.05) is 16.9 Å². The first-order valence-corrected chi connectivity index (χ1v) is 6.93. The molecule has 0 saturated carbocycles. The Hall–Kier alpha value is -1.80. The molecular weight excluding hydrogens is 330 g/mol. The number of carbonyl (C=O) groups is 1. The molecule has 0 aliphatic rings. The maximum Gasteiger partial charge on any atom is 0.272 e. The van der Waals surface area contributed by atoms with Gasteiger partial charge in [0.2, 0.25) is 0 Å². The van der Waals surface area contributed by atoms with Gasteiger partial charge in [-0.05, 0) is 28.1 Å². The number of halogens is 1. The maximum atomic E-state index is 11.7. The highest BCUT2D eigenvalue weighted by atomic mass is 79.9. The van der Waals surface area contributed by atoms with Crippen molar-refractivity contribution in [2.45, 2.75) is 6.54 Å². The number of hydrogen-bond acceptors (Lipinski definition) is 5. The van der Waals surface area contributed by atoms with Crippen LogP contribution < -0.4 is 5.32 Å². The number of aromatic nitrogens is 4. The van der Waals surface area contributed by atoms with E-state index in [1.54, 1.807) is 0 Å². The smallest absolute Gasteiger partial charge is 0.272 e. The monoisotopic (exact) mass is 337 g/mol. The lowest BCUT2D eigenvalue weighted by atomic mass is 10.4. The maximum absolute atomic E-state index is 11.7. The number of imidazole rings is 1. The number of fused-ring (bicyclic) bond motifs is 1. The van der Waals surface area contributed by atoms with E-state index in [2.05, 4.69) is 35.0 Å². The Morgan fingerprint density at radius 1 is 1.42 bits per heavy atom. The SMILES string of the molecule is O=C(NCc1cn2cc(Br)ccc2n1)c1cnsn1. The molecule has 0 aliphatic heterocycles. The third-order valence-electron chi connectivity index (χ3n) is 2.49. The normalized spacial score (nSPS) is 10.8. The van der Waals surface area contributed by atoms with Crippen molar-refractivity contribution in [2.24, 2.45) is 0 Å². The Morgan fingerprint density at radius 3 is 3.11 bits per heavy atom. The van der Waals surface area contributed by atoms with Crippen LogP contribution in [-0.4, -0.2) is 24.0 Å². The van der Waals surface area contributed by atoms with Gasteiger partial charge < -0.3 is 9.72 Å². The molecule has 1 N–H and O–H groups in total. The summed E-state index contributed by atoms with van der Waals surface area (Å²) in [5.74, 6) is -0.244. The van der Waals surface area contributed by atoms with Crippen molar-refractivity contribution in [1.82, 2.24) is 23.4 Å². The molecule has 0 aromatic carbocycles. The van der Waals surface area contributed by atoms with Crippen LogP contribution in [0.3, 0.4) is 0 Å². The molecule has 0 aliphatic carbocycles. The van der Waals surface area contributed by atoms with Crippen molar-refractivity contribution >= 4 is 39.2 Å². The summed E-state index contributed by atoms with van der Waals surface area (Å²) in [5, 5.41) is 2.75. The van der Waals surface area contributed by atoms with Crippen LogP contribution in [-0.2, 0) is 6.54 Å². The molecule has 3 aromatic heterocycles. The molecule has 0 spiro atoms. The first-order chi connectivity index (χ1) is 9.22. The summed E-state index contributed by atoms with van der Waals surface area (Å²) < 4.78 is 10.5. The lowest BCUT2D eigenvalue weighted by molar-refractivity contribution is 0.0946. The van der Waals surface area contributed by atoms with Crippen molar-refractivity contribution in [2.75, 3.05) is 0 Å². The van der Waals surface area contributed by atoms with E-state index in [0.29, 0.717) is 12.2 Å². The van der Waals surface area contributed by atoms with Gasteiger partial charge in [0.25, 0.3) is 5.91 Å². The van der Waals surface area contributed by atoms with Crippen LogP contribution in [0.25, 0.3) is 5.65 Å². The van der Waals surface area contributed by atoms with Crippen molar-refractivity contribution in [3.05, 3.63) is 46.6 Å². The molecule has 1 amide bonds. The van der Waals surface area contributed by atoms with E-state index in [1.165, 1.54) is 6.20 Å².